The van der Waals surface area contributed by atoms with Crippen LogP contribution in [0.1, 0.15) is 17.3 Å². The van der Waals surface area contributed by atoms with Gasteiger partial charge in [-0.1, -0.05) is 0 Å². The highest BCUT2D eigenvalue weighted by Crippen LogP contribution is 2.16. The molecule has 22 heavy (non-hydrogen) atoms. The molecule has 2 aromatic rings. The molecule has 0 atom stereocenters. The molecular weight excluding hydrogens is 298 g/mol. The minimum Gasteiger partial charge on any atom is -0.369 e. The van der Waals surface area contributed by atoms with Crippen LogP contribution in [-0.4, -0.2) is 53.7 Å². The van der Waals surface area contributed by atoms with Crippen molar-refractivity contribution in [2.75, 3.05) is 42.9 Å². The zero-order chi connectivity index (χ0) is 15.4. The van der Waals surface area contributed by atoms with Gasteiger partial charge in [-0.25, -0.2) is 0 Å². The third-order valence-electron chi connectivity index (χ3n) is 3.67. The van der Waals surface area contributed by atoms with Crippen LogP contribution >= 0.6 is 11.3 Å². The van der Waals surface area contributed by atoms with Crippen molar-refractivity contribution >= 4 is 28.9 Å². The summed E-state index contributed by atoms with van der Waals surface area (Å²) in [6, 6.07) is 5.79. The normalized spacial score (nSPS) is 15.0. The van der Waals surface area contributed by atoms with Crippen LogP contribution in [0.25, 0.3) is 0 Å². The van der Waals surface area contributed by atoms with E-state index in [0.717, 1.165) is 36.8 Å². The van der Waals surface area contributed by atoms with Gasteiger partial charge in [0.2, 0.25) is 0 Å². The highest BCUT2D eigenvalue weighted by Gasteiger charge is 2.23. The third-order valence-corrected chi connectivity index (χ3v) is 4.35. The standard InChI is InChI=1S/C15H19N5OS/c1-2-16-13-3-4-14(18-17-13)19-6-8-20(9-7-19)15(21)12-5-10-22-11-12/h3-5,10-11H,2,6-9H2,1H3,(H,16,17). The van der Waals surface area contributed by atoms with E-state index in [1.807, 2.05) is 40.8 Å². The zero-order valence-corrected chi connectivity index (χ0v) is 13.3. The summed E-state index contributed by atoms with van der Waals surface area (Å²) in [6.45, 7) is 5.85. The lowest BCUT2D eigenvalue weighted by Crippen LogP contribution is -2.49. The number of carbonyl (C=O) groups is 1. The molecule has 1 N–H and O–H groups in total. The Balaban J connectivity index is 1.58. The van der Waals surface area contributed by atoms with E-state index in [-0.39, 0.29) is 5.91 Å². The number of anilines is 2. The Bertz CT molecular complexity index is 605. The van der Waals surface area contributed by atoms with Crippen LogP contribution in [0.5, 0.6) is 0 Å². The van der Waals surface area contributed by atoms with Gasteiger partial charge in [0.15, 0.2) is 5.82 Å². The molecule has 1 aliphatic rings. The summed E-state index contributed by atoms with van der Waals surface area (Å²) in [5.41, 5.74) is 0.785. The van der Waals surface area contributed by atoms with Crippen molar-refractivity contribution in [3.05, 3.63) is 34.5 Å². The maximum atomic E-state index is 12.3. The summed E-state index contributed by atoms with van der Waals surface area (Å²) in [7, 11) is 0. The van der Waals surface area contributed by atoms with Gasteiger partial charge < -0.3 is 15.1 Å². The quantitative estimate of drug-likeness (QED) is 0.934. The number of piperazine rings is 1. The van der Waals surface area contributed by atoms with E-state index in [9.17, 15) is 4.79 Å². The number of hydrogen-bond donors (Lipinski definition) is 1. The van der Waals surface area contributed by atoms with Crippen LogP contribution < -0.4 is 10.2 Å². The van der Waals surface area contributed by atoms with E-state index in [1.165, 1.54) is 0 Å². The van der Waals surface area contributed by atoms with Crippen molar-refractivity contribution in [2.45, 2.75) is 6.92 Å². The molecule has 6 nitrogen and oxygen atoms in total. The SMILES string of the molecule is CCNc1ccc(N2CCN(C(=O)c3ccsc3)CC2)nn1. The number of hydrogen-bond acceptors (Lipinski definition) is 6. The largest absolute Gasteiger partial charge is 0.369 e. The minimum absolute atomic E-state index is 0.120. The van der Waals surface area contributed by atoms with Crippen molar-refractivity contribution in [3.63, 3.8) is 0 Å². The molecule has 0 bridgehead atoms. The molecule has 0 saturated carbocycles. The molecule has 2 aromatic heterocycles. The topological polar surface area (TPSA) is 61.4 Å². The average molecular weight is 317 g/mol. The van der Waals surface area contributed by atoms with Crippen molar-refractivity contribution < 1.29 is 4.79 Å². The molecule has 0 radical (unpaired) electrons. The molecule has 1 fully saturated rings. The molecular formula is C15H19N5OS. The first kappa shape index (κ1) is 14.8. The minimum atomic E-state index is 0.120. The molecule has 116 valence electrons. The lowest BCUT2D eigenvalue weighted by Gasteiger charge is -2.35. The lowest BCUT2D eigenvalue weighted by atomic mass is 10.2. The molecule has 3 rings (SSSR count). The highest BCUT2D eigenvalue weighted by molar-refractivity contribution is 7.08. The molecule has 7 heteroatoms. The first-order valence-corrected chi connectivity index (χ1v) is 8.36. The maximum Gasteiger partial charge on any atom is 0.254 e. The Hall–Kier alpha value is -2.15. The van der Waals surface area contributed by atoms with E-state index < -0.39 is 0 Å². The lowest BCUT2D eigenvalue weighted by molar-refractivity contribution is 0.0747. The number of amides is 1. The zero-order valence-electron chi connectivity index (χ0n) is 12.5. The Kier molecular flexibility index (Phi) is 4.53. The molecule has 1 aliphatic heterocycles. The van der Waals surface area contributed by atoms with Crippen LogP contribution in [0.2, 0.25) is 0 Å². The Morgan fingerprint density at radius 3 is 2.64 bits per heavy atom. The van der Waals surface area contributed by atoms with E-state index in [1.54, 1.807) is 11.3 Å². The van der Waals surface area contributed by atoms with Crippen LogP contribution in [0, 0.1) is 0 Å². The fourth-order valence-corrected chi connectivity index (χ4v) is 3.11. The number of thiophene rings is 1. The average Bonchev–Trinajstić information content (AvgIpc) is 3.10. The van der Waals surface area contributed by atoms with Gasteiger partial charge in [-0.3, -0.25) is 4.79 Å². The molecule has 0 spiro atoms. The molecule has 1 saturated heterocycles. The predicted molar refractivity (Wildman–Crippen MR) is 88.6 cm³/mol. The summed E-state index contributed by atoms with van der Waals surface area (Å²) in [4.78, 5) is 16.4. The molecule has 3 heterocycles. The summed E-state index contributed by atoms with van der Waals surface area (Å²) >= 11 is 1.55. The number of nitrogens with zero attached hydrogens (tertiary/aromatic N) is 4. The Morgan fingerprint density at radius 1 is 1.23 bits per heavy atom. The molecule has 0 aromatic carbocycles. The van der Waals surface area contributed by atoms with Crippen molar-refractivity contribution in [1.82, 2.24) is 15.1 Å². The van der Waals surface area contributed by atoms with Gasteiger partial charge in [0, 0.05) is 38.1 Å². The second kappa shape index (κ2) is 6.74. The highest BCUT2D eigenvalue weighted by atomic mass is 32.1. The van der Waals surface area contributed by atoms with Gasteiger partial charge in [0.1, 0.15) is 5.82 Å². The van der Waals surface area contributed by atoms with Gasteiger partial charge in [-0.05, 0) is 30.5 Å². The van der Waals surface area contributed by atoms with E-state index in [2.05, 4.69) is 20.4 Å². The van der Waals surface area contributed by atoms with Crippen LogP contribution in [0.15, 0.2) is 29.0 Å². The first-order valence-electron chi connectivity index (χ1n) is 7.42. The summed E-state index contributed by atoms with van der Waals surface area (Å²) < 4.78 is 0. The molecule has 0 aliphatic carbocycles. The number of aromatic nitrogens is 2. The monoisotopic (exact) mass is 317 g/mol. The van der Waals surface area contributed by atoms with Crippen molar-refractivity contribution in [2.24, 2.45) is 0 Å². The first-order chi connectivity index (χ1) is 10.8. The Labute approximate surface area is 133 Å². The summed E-state index contributed by atoms with van der Waals surface area (Å²) in [5.74, 6) is 1.77. The number of rotatable bonds is 4. The summed E-state index contributed by atoms with van der Waals surface area (Å²) in [6.07, 6.45) is 0. The Morgan fingerprint density at radius 2 is 2.05 bits per heavy atom. The van der Waals surface area contributed by atoms with E-state index in [4.69, 9.17) is 0 Å². The summed E-state index contributed by atoms with van der Waals surface area (Å²) in [5, 5.41) is 15.4. The second-order valence-corrected chi connectivity index (χ2v) is 5.88. The maximum absolute atomic E-state index is 12.3. The van der Waals surface area contributed by atoms with Crippen LogP contribution in [0.4, 0.5) is 11.6 Å². The van der Waals surface area contributed by atoms with Crippen molar-refractivity contribution in [3.8, 4) is 0 Å². The van der Waals surface area contributed by atoms with Gasteiger partial charge in [-0.2, -0.15) is 11.3 Å². The smallest absolute Gasteiger partial charge is 0.254 e. The van der Waals surface area contributed by atoms with Crippen molar-refractivity contribution in [1.29, 1.82) is 0 Å². The van der Waals surface area contributed by atoms with E-state index in [0.29, 0.717) is 13.1 Å². The molecule has 1 amide bonds. The van der Waals surface area contributed by atoms with E-state index >= 15 is 0 Å². The van der Waals surface area contributed by atoms with Crippen LogP contribution in [-0.2, 0) is 0 Å². The number of nitrogens with one attached hydrogen (secondary N) is 1. The third kappa shape index (κ3) is 3.19. The van der Waals surface area contributed by atoms with Crippen LogP contribution in [0.3, 0.4) is 0 Å². The predicted octanol–water partition coefficient (Wildman–Crippen LogP) is 1.93. The molecule has 0 unspecified atom stereocenters. The fraction of sp³-hybridized carbons (Fsp3) is 0.400. The van der Waals surface area contributed by atoms with Gasteiger partial charge in [-0.15, -0.1) is 10.2 Å². The van der Waals surface area contributed by atoms with Gasteiger partial charge in [0.25, 0.3) is 5.91 Å². The number of carbonyl (C=O) groups excluding carboxylic acids is 1. The fourth-order valence-electron chi connectivity index (χ4n) is 2.48. The van der Waals surface area contributed by atoms with Gasteiger partial charge >= 0.3 is 0 Å². The second-order valence-electron chi connectivity index (χ2n) is 5.10. The van der Waals surface area contributed by atoms with Gasteiger partial charge in [0.05, 0.1) is 5.56 Å².